The minimum Gasteiger partial charge on any atom is -0.497 e. The molecule has 0 aliphatic heterocycles. The van der Waals surface area contributed by atoms with Crippen molar-refractivity contribution in [3.63, 3.8) is 0 Å². The number of aryl methyl sites for hydroxylation is 1. The van der Waals surface area contributed by atoms with Crippen LogP contribution in [0.15, 0.2) is 79.0 Å². The molecule has 0 fully saturated rings. The van der Waals surface area contributed by atoms with E-state index in [1.165, 1.54) is 4.90 Å². The van der Waals surface area contributed by atoms with E-state index in [2.05, 4.69) is 5.32 Å². The topological polar surface area (TPSA) is 76.5 Å². The number of hydrogen-bond acceptors (Lipinski definition) is 4. The van der Waals surface area contributed by atoms with Crippen LogP contribution < -0.4 is 10.1 Å². The van der Waals surface area contributed by atoms with Crippen LogP contribution in [0.5, 0.6) is 5.75 Å². The number of aromatic nitrogens is 2. The fourth-order valence-electron chi connectivity index (χ4n) is 3.65. The van der Waals surface area contributed by atoms with Crippen molar-refractivity contribution < 1.29 is 14.3 Å². The summed E-state index contributed by atoms with van der Waals surface area (Å²) >= 11 is 0. The Bertz CT molecular complexity index is 1340. The number of carbonyl (C=O) groups is 2. The van der Waals surface area contributed by atoms with Crippen LogP contribution in [-0.2, 0) is 6.54 Å². The Morgan fingerprint density at radius 3 is 2.37 bits per heavy atom. The van der Waals surface area contributed by atoms with Gasteiger partial charge in [-0.2, -0.15) is 5.10 Å². The SMILES string of the molecule is COc1cccc(-c2nn(-c3ccc(C)cc3)cc2C(=O)NCc2ccc(C(=O)N(C)C)cc2)c1. The Labute approximate surface area is 205 Å². The third kappa shape index (κ3) is 5.41. The number of benzene rings is 3. The number of ether oxygens (including phenoxy) is 1. The van der Waals surface area contributed by atoms with Gasteiger partial charge in [0.2, 0.25) is 0 Å². The van der Waals surface area contributed by atoms with Gasteiger partial charge in [-0.1, -0.05) is 42.0 Å². The average molecular weight is 469 g/mol. The van der Waals surface area contributed by atoms with Crippen LogP contribution >= 0.6 is 0 Å². The number of nitrogens with zero attached hydrogens (tertiary/aromatic N) is 3. The summed E-state index contributed by atoms with van der Waals surface area (Å²) in [4.78, 5) is 26.9. The highest BCUT2D eigenvalue weighted by atomic mass is 16.5. The van der Waals surface area contributed by atoms with Crippen LogP contribution in [0.1, 0.15) is 31.8 Å². The van der Waals surface area contributed by atoms with E-state index < -0.39 is 0 Å². The van der Waals surface area contributed by atoms with Crippen LogP contribution in [0.2, 0.25) is 0 Å². The molecule has 4 aromatic rings. The van der Waals surface area contributed by atoms with Crippen molar-refractivity contribution >= 4 is 11.8 Å². The van der Waals surface area contributed by atoms with E-state index in [1.807, 2.05) is 67.6 Å². The Morgan fingerprint density at radius 1 is 1.00 bits per heavy atom. The van der Waals surface area contributed by atoms with Crippen LogP contribution in [0.4, 0.5) is 0 Å². The van der Waals surface area contributed by atoms with E-state index >= 15 is 0 Å². The van der Waals surface area contributed by atoms with Crippen molar-refractivity contribution in [3.05, 3.63) is 101 Å². The molecular weight excluding hydrogens is 440 g/mol. The zero-order valence-corrected chi connectivity index (χ0v) is 20.3. The standard InChI is InChI=1S/C28H28N4O3/c1-19-8-14-23(15-9-19)32-18-25(26(30-32)22-6-5-7-24(16-22)35-4)27(33)29-17-20-10-12-21(13-11-20)28(34)31(2)3/h5-16,18H,17H2,1-4H3,(H,29,33). The number of methoxy groups -OCH3 is 1. The van der Waals surface area contributed by atoms with Crippen molar-refractivity contribution in [2.24, 2.45) is 0 Å². The van der Waals surface area contributed by atoms with Crippen LogP contribution in [-0.4, -0.2) is 47.7 Å². The molecule has 0 aliphatic rings. The molecule has 178 valence electrons. The number of carbonyl (C=O) groups excluding carboxylic acids is 2. The second-order valence-corrected chi connectivity index (χ2v) is 8.48. The average Bonchev–Trinajstić information content (AvgIpc) is 3.33. The van der Waals surface area contributed by atoms with Gasteiger partial charge in [0.05, 0.1) is 18.4 Å². The zero-order valence-electron chi connectivity index (χ0n) is 20.3. The van der Waals surface area contributed by atoms with Crippen molar-refractivity contribution in [3.8, 4) is 22.7 Å². The molecule has 0 unspecified atom stereocenters. The minimum absolute atomic E-state index is 0.0629. The lowest BCUT2D eigenvalue weighted by Gasteiger charge is -2.11. The summed E-state index contributed by atoms with van der Waals surface area (Å²) in [6.45, 7) is 2.35. The molecule has 1 heterocycles. The smallest absolute Gasteiger partial charge is 0.255 e. The lowest BCUT2D eigenvalue weighted by Crippen LogP contribution is -2.23. The third-order valence-corrected chi connectivity index (χ3v) is 5.66. The van der Waals surface area contributed by atoms with Gasteiger partial charge >= 0.3 is 0 Å². The molecule has 3 aromatic carbocycles. The Balaban J connectivity index is 1.61. The summed E-state index contributed by atoms with van der Waals surface area (Å²) in [6, 6.07) is 22.7. The highest BCUT2D eigenvalue weighted by molar-refractivity contribution is 6.00. The largest absolute Gasteiger partial charge is 0.497 e. The van der Waals surface area contributed by atoms with E-state index in [0.29, 0.717) is 29.1 Å². The molecule has 0 aliphatic carbocycles. The molecule has 1 N–H and O–H groups in total. The van der Waals surface area contributed by atoms with E-state index in [4.69, 9.17) is 9.84 Å². The maximum atomic E-state index is 13.3. The predicted molar refractivity (Wildman–Crippen MR) is 136 cm³/mol. The molecule has 0 atom stereocenters. The quantitative estimate of drug-likeness (QED) is 0.434. The summed E-state index contributed by atoms with van der Waals surface area (Å²) in [5.41, 5.74) is 5.30. The molecule has 35 heavy (non-hydrogen) atoms. The Kier molecular flexibility index (Phi) is 6.96. The van der Waals surface area contributed by atoms with Crippen LogP contribution in [0.25, 0.3) is 16.9 Å². The second kappa shape index (κ2) is 10.3. The third-order valence-electron chi connectivity index (χ3n) is 5.66. The first-order valence-corrected chi connectivity index (χ1v) is 11.3. The molecule has 7 nitrogen and oxygen atoms in total. The fraction of sp³-hybridized carbons (Fsp3) is 0.179. The van der Waals surface area contributed by atoms with Gasteiger partial charge in [-0.25, -0.2) is 4.68 Å². The minimum atomic E-state index is -0.241. The summed E-state index contributed by atoms with van der Waals surface area (Å²) in [6.07, 6.45) is 1.74. The number of nitrogens with one attached hydrogen (secondary N) is 1. The van der Waals surface area contributed by atoms with Gasteiger partial charge in [-0.05, 0) is 48.9 Å². The van der Waals surface area contributed by atoms with Crippen LogP contribution in [0, 0.1) is 6.92 Å². The van der Waals surface area contributed by atoms with Crippen LogP contribution in [0.3, 0.4) is 0 Å². The first kappa shape index (κ1) is 23.8. The highest BCUT2D eigenvalue weighted by Crippen LogP contribution is 2.27. The van der Waals surface area contributed by atoms with E-state index in [9.17, 15) is 9.59 Å². The fourth-order valence-corrected chi connectivity index (χ4v) is 3.65. The Hall–Kier alpha value is -4.39. The van der Waals surface area contributed by atoms with Gasteiger partial charge in [-0.3, -0.25) is 9.59 Å². The molecule has 0 saturated carbocycles. The first-order chi connectivity index (χ1) is 16.9. The number of hydrogen-bond donors (Lipinski definition) is 1. The highest BCUT2D eigenvalue weighted by Gasteiger charge is 2.19. The van der Waals surface area contributed by atoms with Crippen molar-refractivity contribution in [2.75, 3.05) is 21.2 Å². The monoisotopic (exact) mass is 468 g/mol. The molecule has 7 heteroatoms. The molecule has 4 rings (SSSR count). The summed E-state index contributed by atoms with van der Waals surface area (Å²) in [7, 11) is 5.04. The van der Waals surface area contributed by atoms with Crippen molar-refractivity contribution in [1.29, 1.82) is 0 Å². The van der Waals surface area contributed by atoms with Gasteiger partial charge in [0.15, 0.2) is 0 Å². The first-order valence-electron chi connectivity index (χ1n) is 11.3. The van der Waals surface area contributed by atoms with Gasteiger partial charge in [0.1, 0.15) is 11.4 Å². The lowest BCUT2D eigenvalue weighted by atomic mass is 10.1. The molecule has 0 radical (unpaired) electrons. The van der Waals surface area contributed by atoms with Gasteiger partial charge in [-0.15, -0.1) is 0 Å². The predicted octanol–water partition coefficient (Wildman–Crippen LogP) is 4.49. The van der Waals surface area contributed by atoms with Crippen molar-refractivity contribution in [2.45, 2.75) is 13.5 Å². The summed E-state index contributed by atoms with van der Waals surface area (Å²) in [5.74, 6) is 0.382. The molecule has 0 spiro atoms. The molecule has 0 saturated heterocycles. The zero-order chi connectivity index (χ0) is 24.9. The number of amides is 2. The normalized spacial score (nSPS) is 10.6. The molecule has 1 aromatic heterocycles. The molecular formula is C28H28N4O3. The summed E-state index contributed by atoms with van der Waals surface area (Å²) in [5, 5.41) is 7.72. The van der Waals surface area contributed by atoms with E-state index in [1.54, 1.807) is 44.2 Å². The number of rotatable bonds is 7. The maximum absolute atomic E-state index is 13.3. The van der Waals surface area contributed by atoms with Crippen molar-refractivity contribution in [1.82, 2.24) is 20.0 Å². The van der Waals surface area contributed by atoms with Gasteiger partial charge in [0.25, 0.3) is 11.8 Å². The lowest BCUT2D eigenvalue weighted by molar-refractivity contribution is 0.0827. The molecule has 0 bridgehead atoms. The van der Waals surface area contributed by atoms with E-state index in [0.717, 1.165) is 22.4 Å². The Morgan fingerprint density at radius 2 is 1.71 bits per heavy atom. The van der Waals surface area contributed by atoms with Gasteiger partial charge in [0, 0.05) is 38.0 Å². The molecule has 2 amide bonds. The summed E-state index contributed by atoms with van der Waals surface area (Å²) < 4.78 is 7.08. The van der Waals surface area contributed by atoms with Gasteiger partial charge < -0.3 is 15.0 Å². The second-order valence-electron chi connectivity index (χ2n) is 8.48. The maximum Gasteiger partial charge on any atom is 0.255 e. The van der Waals surface area contributed by atoms with E-state index in [-0.39, 0.29) is 11.8 Å².